The molecule has 0 unspecified atom stereocenters. The largest absolute Gasteiger partial charge is 0.387 e. The van der Waals surface area contributed by atoms with Gasteiger partial charge in [-0.25, -0.2) is 4.98 Å². The molecule has 1 aromatic heterocycles. The van der Waals surface area contributed by atoms with Crippen LogP contribution in [0.25, 0.3) is 0 Å². The van der Waals surface area contributed by atoms with Gasteiger partial charge in [0, 0.05) is 31.6 Å². The smallest absolute Gasteiger partial charge is 0.252 e. The fourth-order valence-corrected chi connectivity index (χ4v) is 3.63. The number of nitrogens with one attached hydrogen (secondary N) is 1. The maximum absolute atomic E-state index is 12.1. The molecule has 1 aliphatic heterocycles. The van der Waals surface area contributed by atoms with E-state index in [2.05, 4.69) is 29.0 Å². The minimum absolute atomic E-state index is 0.182. The summed E-state index contributed by atoms with van der Waals surface area (Å²) in [5.74, 6) is 2.33. The highest BCUT2D eigenvalue weighted by atomic mass is 32.2. The third kappa shape index (κ3) is 4.11. The van der Waals surface area contributed by atoms with Crippen LogP contribution in [0.4, 0.5) is 5.82 Å². The Morgan fingerprint density at radius 3 is 2.76 bits per heavy atom. The molecule has 1 saturated heterocycles. The van der Waals surface area contributed by atoms with Crippen molar-refractivity contribution in [2.24, 2.45) is 0 Å². The molecule has 1 atom stereocenters. The molecule has 1 amide bonds. The van der Waals surface area contributed by atoms with Gasteiger partial charge in [-0.15, -0.1) is 0 Å². The summed E-state index contributed by atoms with van der Waals surface area (Å²) in [5, 5.41) is 13.0. The third-order valence-corrected chi connectivity index (χ3v) is 4.99. The fraction of sp³-hybridized carbons (Fsp3) is 0.600. The first-order chi connectivity index (χ1) is 10.1. The van der Waals surface area contributed by atoms with E-state index in [-0.39, 0.29) is 5.91 Å². The Labute approximate surface area is 130 Å². The van der Waals surface area contributed by atoms with E-state index in [4.69, 9.17) is 0 Å². The van der Waals surface area contributed by atoms with Crippen LogP contribution >= 0.6 is 11.8 Å². The minimum atomic E-state index is -0.755. The number of hydrogen-bond donors (Lipinski definition) is 2. The van der Waals surface area contributed by atoms with Gasteiger partial charge in [0.1, 0.15) is 5.82 Å². The van der Waals surface area contributed by atoms with Gasteiger partial charge in [0.25, 0.3) is 5.91 Å². The Hall–Kier alpha value is -1.27. The van der Waals surface area contributed by atoms with E-state index in [1.165, 1.54) is 0 Å². The topological polar surface area (TPSA) is 65.5 Å². The molecule has 0 radical (unpaired) electrons. The number of thioether (sulfide) groups is 1. The van der Waals surface area contributed by atoms with Gasteiger partial charge in [0.15, 0.2) is 0 Å². The predicted octanol–water partition coefficient (Wildman–Crippen LogP) is 1.53. The number of anilines is 1. The average Bonchev–Trinajstić information content (AvgIpc) is 2.94. The highest BCUT2D eigenvalue weighted by molar-refractivity contribution is 7.99. The lowest BCUT2D eigenvalue weighted by atomic mass is 10.0. The molecule has 1 aromatic rings. The van der Waals surface area contributed by atoms with Crippen molar-refractivity contribution in [3.05, 3.63) is 23.9 Å². The molecular formula is C15H23N3O2S. The number of carbonyl (C=O) groups is 1. The number of nitrogens with zero attached hydrogens (tertiary/aromatic N) is 2. The highest BCUT2D eigenvalue weighted by Crippen LogP contribution is 2.27. The molecule has 6 heteroatoms. The first-order valence-electron chi connectivity index (χ1n) is 7.37. The molecular weight excluding hydrogens is 286 g/mol. The minimum Gasteiger partial charge on any atom is -0.387 e. The standard InChI is InChI=1S/C15H23N3O2S/c1-3-18(4-2)13-6-5-12(9-16-13)14(19)17-10-15(20)7-8-21-11-15/h5-6,9,20H,3-4,7-8,10-11H2,1-2H3,(H,17,19)/t15-/m0/s1. The summed E-state index contributed by atoms with van der Waals surface area (Å²) in [4.78, 5) is 18.5. The molecule has 2 rings (SSSR count). The second-order valence-corrected chi connectivity index (χ2v) is 6.39. The zero-order chi connectivity index (χ0) is 15.3. The van der Waals surface area contributed by atoms with Crippen LogP contribution in [-0.2, 0) is 0 Å². The molecule has 2 N–H and O–H groups in total. The predicted molar refractivity (Wildman–Crippen MR) is 87.0 cm³/mol. The van der Waals surface area contributed by atoms with Crippen molar-refractivity contribution in [3.8, 4) is 0 Å². The summed E-state index contributed by atoms with van der Waals surface area (Å²) in [6, 6.07) is 3.64. The summed E-state index contributed by atoms with van der Waals surface area (Å²) in [6.07, 6.45) is 2.33. The molecule has 0 bridgehead atoms. The summed E-state index contributed by atoms with van der Waals surface area (Å²) < 4.78 is 0. The molecule has 0 saturated carbocycles. The lowest BCUT2D eigenvalue weighted by molar-refractivity contribution is 0.0612. The van der Waals surface area contributed by atoms with Gasteiger partial charge >= 0.3 is 0 Å². The fourth-order valence-electron chi connectivity index (χ4n) is 2.34. The molecule has 0 spiro atoms. The van der Waals surface area contributed by atoms with Crippen molar-refractivity contribution in [1.29, 1.82) is 0 Å². The zero-order valence-corrected chi connectivity index (χ0v) is 13.4. The summed E-state index contributed by atoms with van der Waals surface area (Å²) in [6.45, 7) is 6.23. The number of aliphatic hydroxyl groups is 1. The van der Waals surface area contributed by atoms with Crippen molar-refractivity contribution < 1.29 is 9.90 Å². The molecule has 0 aliphatic carbocycles. The lowest BCUT2D eigenvalue weighted by Gasteiger charge is -2.22. The number of aromatic nitrogens is 1. The summed E-state index contributed by atoms with van der Waals surface area (Å²) >= 11 is 1.72. The van der Waals surface area contributed by atoms with Gasteiger partial charge in [-0.1, -0.05) is 0 Å². The van der Waals surface area contributed by atoms with E-state index in [0.717, 1.165) is 31.1 Å². The van der Waals surface area contributed by atoms with Crippen LogP contribution in [-0.4, -0.2) is 52.7 Å². The van der Waals surface area contributed by atoms with Crippen LogP contribution in [0.3, 0.4) is 0 Å². The number of pyridine rings is 1. The monoisotopic (exact) mass is 309 g/mol. The summed E-state index contributed by atoms with van der Waals surface area (Å²) in [5.41, 5.74) is -0.227. The average molecular weight is 309 g/mol. The summed E-state index contributed by atoms with van der Waals surface area (Å²) in [7, 11) is 0. The quantitative estimate of drug-likeness (QED) is 0.834. The highest BCUT2D eigenvalue weighted by Gasteiger charge is 2.32. The molecule has 5 nitrogen and oxygen atoms in total. The SMILES string of the molecule is CCN(CC)c1ccc(C(=O)NC[C@@]2(O)CCSC2)cn1. The van der Waals surface area contributed by atoms with Crippen molar-refractivity contribution >= 4 is 23.5 Å². The van der Waals surface area contributed by atoms with Crippen molar-refractivity contribution in [3.63, 3.8) is 0 Å². The van der Waals surface area contributed by atoms with Crippen LogP contribution in [0.15, 0.2) is 18.3 Å². The Morgan fingerprint density at radius 2 is 2.24 bits per heavy atom. The number of amides is 1. The second-order valence-electron chi connectivity index (χ2n) is 5.29. The van der Waals surface area contributed by atoms with Gasteiger partial charge in [-0.3, -0.25) is 4.79 Å². The van der Waals surface area contributed by atoms with E-state index < -0.39 is 5.60 Å². The van der Waals surface area contributed by atoms with Crippen LogP contribution in [0, 0.1) is 0 Å². The molecule has 21 heavy (non-hydrogen) atoms. The van der Waals surface area contributed by atoms with Gasteiger partial charge in [-0.05, 0) is 38.2 Å². The van der Waals surface area contributed by atoms with Gasteiger partial charge in [-0.2, -0.15) is 11.8 Å². The van der Waals surface area contributed by atoms with Gasteiger partial charge < -0.3 is 15.3 Å². The Kier molecular flexibility index (Phi) is 5.47. The van der Waals surface area contributed by atoms with E-state index in [1.54, 1.807) is 24.0 Å². The van der Waals surface area contributed by atoms with Crippen LogP contribution in [0.1, 0.15) is 30.6 Å². The Morgan fingerprint density at radius 1 is 1.48 bits per heavy atom. The maximum atomic E-state index is 12.1. The molecule has 2 heterocycles. The number of rotatable bonds is 6. The van der Waals surface area contributed by atoms with Crippen LogP contribution < -0.4 is 10.2 Å². The van der Waals surface area contributed by atoms with Gasteiger partial charge in [0.2, 0.25) is 0 Å². The first kappa shape index (κ1) is 16.1. The maximum Gasteiger partial charge on any atom is 0.252 e. The molecule has 1 aliphatic rings. The third-order valence-electron chi connectivity index (χ3n) is 3.76. The Bertz CT molecular complexity index is 468. The van der Waals surface area contributed by atoms with Crippen LogP contribution in [0.5, 0.6) is 0 Å². The lowest BCUT2D eigenvalue weighted by Crippen LogP contribution is -2.43. The number of hydrogen-bond acceptors (Lipinski definition) is 5. The molecule has 0 aromatic carbocycles. The first-order valence-corrected chi connectivity index (χ1v) is 8.53. The van der Waals surface area contributed by atoms with E-state index in [9.17, 15) is 9.90 Å². The van der Waals surface area contributed by atoms with E-state index in [1.807, 2.05) is 6.07 Å². The van der Waals surface area contributed by atoms with Crippen molar-refractivity contribution in [2.45, 2.75) is 25.9 Å². The second kappa shape index (κ2) is 7.13. The zero-order valence-electron chi connectivity index (χ0n) is 12.6. The molecule has 1 fully saturated rings. The van der Waals surface area contributed by atoms with E-state index in [0.29, 0.717) is 17.9 Å². The van der Waals surface area contributed by atoms with E-state index >= 15 is 0 Å². The Balaban J connectivity index is 1.93. The van der Waals surface area contributed by atoms with Crippen molar-refractivity contribution in [1.82, 2.24) is 10.3 Å². The van der Waals surface area contributed by atoms with Crippen LogP contribution in [0.2, 0.25) is 0 Å². The molecule has 116 valence electrons. The normalized spacial score (nSPS) is 21.3. The van der Waals surface area contributed by atoms with Gasteiger partial charge in [0.05, 0.1) is 11.2 Å². The number of carbonyl (C=O) groups excluding carboxylic acids is 1. The van der Waals surface area contributed by atoms with Crippen molar-refractivity contribution in [2.75, 3.05) is 36.0 Å².